The second-order valence-electron chi connectivity index (χ2n) is 4.91. The van der Waals surface area contributed by atoms with Gasteiger partial charge in [0.05, 0.1) is 45.4 Å². The largest absolute Gasteiger partial charge is 0.501 e. The Labute approximate surface area is 181 Å². The number of hydrogen-bond acceptors (Lipinski definition) is 9. The highest BCUT2D eigenvalue weighted by atomic mass is 31.2. The predicted molar refractivity (Wildman–Crippen MR) is 111 cm³/mol. The maximum atomic E-state index is 10.9. The Morgan fingerprint density at radius 2 is 1.74 bits per heavy atom. The second-order valence-corrected chi connectivity index (χ2v) is 6.15. The van der Waals surface area contributed by atoms with E-state index in [1.54, 1.807) is 0 Å². The van der Waals surface area contributed by atoms with E-state index in [0.717, 1.165) is 6.08 Å². The average Bonchev–Trinajstić information content (AvgIpc) is 2.68. The van der Waals surface area contributed by atoms with E-state index in [-0.39, 0.29) is 51.1 Å². The molecular formula is C18H32NO11P. The van der Waals surface area contributed by atoms with Crippen molar-refractivity contribution in [2.75, 3.05) is 39.6 Å². The molecule has 0 saturated heterocycles. The first kappa shape index (κ1) is 33.3. The van der Waals surface area contributed by atoms with Gasteiger partial charge in [-0.05, 0) is 19.2 Å². The third-order valence-electron chi connectivity index (χ3n) is 2.32. The van der Waals surface area contributed by atoms with Gasteiger partial charge in [-0.3, -0.25) is 14.1 Å². The van der Waals surface area contributed by atoms with Gasteiger partial charge >= 0.3 is 13.8 Å². The first-order chi connectivity index (χ1) is 14.5. The fourth-order valence-electron chi connectivity index (χ4n) is 1.13. The number of ether oxygens (including phenoxy) is 3. The average molecular weight is 469 g/mol. The molecular weight excluding hydrogens is 437 g/mol. The summed E-state index contributed by atoms with van der Waals surface area (Å²) < 4.78 is 28.4. The number of ketones is 1. The molecule has 0 bridgehead atoms. The van der Waals surface area contributed by atoms with Crippen LogP contribution in [0.15, 0.2) is 37.8 Å². The zero-order chi connectivity index (χ0) is 24.5. The highest BCUT2D eigenvalue weighted by Crippen LogP contribution is 2.35. The van der Waals surface area contributed by atoms with Crippen LogP contribution < -0.4 is 5.32 Å². The number of carbonyl (C=O) groups excluding carboxylic acids is 3. The summed E-state index contributed by atoms with van der Waals surface area (Å²) in [5, 5.41) is 10.7. The van der Waals surface area contributed by atoms with Gasteiger partial charge in [0.2, 0.25) is 5.91 Å². The molecule has 0 rings (SSSR count). The van der Waals surface area contributed by atoms with Gasteiger partial charge in [0.25, 0.3) is 0 Å². The minimum absolute atomic E-state index is 0.0296. The number of phosphoric ester groups is 1. The van der Waals surface area contributed by atoms with Crippen molar-refractivity contribution in [2.24, 2.45) is 0 Å². The van der Waals surface area contributed by atoms with Crippen LogP contribution in [0.25, 0.3) is 0 Å². The Bertz CT molecular complexity index is 587. The topological polar surface area (TPSA) is 178 Å². The van der Waals surface area contributed by atoms with Crippen LogP contribution in [0.1, 0.15) is 20.3 Å². The lowest BCUT2D eigenvalue weighted by Crippen LogP contribution is -2.10. The first-order valence-electron chi connectivity index (χ1n) is 8.90. The van der Waals surface area contributed by atoms with Gasteiger partial charge in [-0.1, -0.05) is 13.2 Å². The van der Waals surface area contributed by atoms with Crippen LogP contribution >= 0.6 is 7.82 Å². The van der Waals surface area contributed by atoms with E-state index in [1.807, 2.05) is 6.92 Å². The number of aliphatic hydroxyl groups excluding tert-OH is 1. The normalized spacial score (nSPS) is 9.97. The van der Waals surface area contributed by atoms with Crippen molar-refractivity contribution >= 4 is 25.5 Å². The number of carbonyl (C=O) groups is 3. The van der Waals surface area contributed by atoms with E-state index < -0.39 is 13.8 Å². The molecule has 0 aliphatic rings. The minimum atomic E-state index is -4.42. The van der Waals surface area contributed by atoms with E-state index in [2.05, 4.69) is 23.0 Å². The smallest absolute Gasteiger partial charge is 0.469 e. The highest BCUT2D eigenvalue weighted by Gasteiger charge is 2.13. The van der Waals surface area contributed by atoms with E-state index >= 15 is 0 Å². The molecule has 0 aliphatic heterocycles. The molecule has 0 fully saturated rings. The molecule has 0 aromatic rings. The lowest BCUT2D eigenvalue weighted by Gasteiger charge is -2.02. The van der Waals surface area contributed by atoms with E-state index in [4.69, 9.17) is 29.1 Å². The number of amides is 1. The SMILES string of the molecule is C=CC(=O)CCOP(=O)(O)O.C=CNC(C)=O.CCOC=CC(=O)OCCOCCO. The molecule has 0 atom stereocenters. The van der Waals surface area contributed by atoms with Crippen molar-refractivity contribution < 1.29 is 52.6 Å². The number of aliphatic hydroxyl groups is 1. The minimum Gasteiger partial charge on any atom is -0.501 e. The molecule has 0 spiro atoms. The maximum Gasteiger partial charge on any atom is 0.469 e. The Morgan fingerprint density at radius 1 is 1.10 bits per heavy atom. The maximum absolute atomic E-state index is 10.9. The van der Waals surface area contributed by atoms with Gasteiger partial charge in [-0.2, -0.15) is 0 Å². The summed E-state index contributed by atoms with van der Waals surface area (Å²) in [6.45, 7) is 10.6. The molecule has 0 radical (unpaired) electrons. The summed E-state index contributed by atoms with van der Waals surface area (Å²) >= 11 is 0. The quantitative estimate of drug-likeness (QED) is 0.0920. The third kappa shape index (κ3) is 38.8. The van der Waals surface area contributed by atoms with Crippen molar-refractivity contribution in [3.8, 4) is 0 Å². The number of allylic oxidation sites excluding steroid dienone is 1. The number of rotatable bonds is 14. The molecule has 0 unspecified atom stereocenters. The Kier molecular flexibility index (Phi) is 25.7. The van der Waals surface area contributed by atoms with Crippen molar-refractivity contribution in [1.29, 1.82) is 0 Å². The van der Waals surface area contributed by atoms with Crippen LogP contribution in [0.3, 0.4) is 0 Å². The van der Waals surface area contributed by atoms with Gasteiger partial charge < -0.3 is 34.4 Å². The zero-order valence-corrected chi connectivity index (χ0v) is 18.6. The highest BCUT2D eigenvalue weighted by molar-refractivity contribution is 7.46. The molecule has 0 aromatic carbocycles. The first-order valence-corrected chi connectivity index (χ1v) is 10.4. The third-order valence-corrected chi connectivity index (χ3v) is 2.83. The van der Waals surface area contributed by atoms with Crippen LogP contribution in [0.2, 0.25) is 0 Å². The lowest BCUT2D eigenvalue weighted by molar-refractivity contribution is -0.139. The standard InChI is InChI=1S/C9H16O5.C5H9O5P.C4H7NO/c1-2-12-5-3-9(11)14-8-7-13-6-4-10;1-2-5(6)3-4-10-11(7,8)9;1-3-5-4(2)6/h3,5,10H,2,4,6-8H2,1H3;2H,1,3-4H2,(H2,7,8,9);3H,1H2,2H3,(H,5,6). The van der Waals surface area contributed by atoms with Crippen molar-refractivity contribution in [3.05, 3.63) is 37.8 Å². The Hall–Kier alpha value is -2.34. The van der Waals surface area contributed by atoms with Crippen LogP contribution in [0.5, 0.6) is 0 Å². The van der Waals surface area contributed by atoms with Crippen LogP contribution in [0, 0.1) is 0 Å². The number of nitrogens with one attached hydrogen (secondary N) is 1. The van der Waals surface area contributed by atoms with Gasteiger partial charge in [-0.15, -0.1) is 0 Å². The van der Waals surface area contributed by atoms with Gasteiger partial charge in [-0.25, -0.2) is 9.36 Å². The summed E-state index contributed by atoms with van der Waals surface area (Å²) in [7, 11) is -4.42. The number of hydrogen-bond donors (Lipinski definition) is 4. The number of esters is 1. The lowest BCUT2D eigenvalue weighted by atomic mass is 10.3. The summed E-state index contributed by atoms with van der Waals surface area (Å²) in [6.07, 6.45) is 4.85. The molecule has 12 nitrogen and oxygen atoms in total. The van der Waals surface area contributed by atoms with Gasteiger partial charge in [0.15, 0.2) is 5.78 Å². The Morgan fingerprint density at radius 3 is 2.16 bits per heavy atom. The zero-order valence-electron chi connectivity index (χ0n) is 17.7. The van der Waals surface area contributed by atoms with Crippen molar-refractivity contribution in [2.45, 2.75) is 20.3 Å². The molecule has 180 valence electrons. The fourth-order valence-corrected chi connectivity index (χ4v) is 1.46. The van der Waals surface area contributed by atoms with Crippen LogP contribution in [-0.2, 0) is 37.7 Å². The molecule has 0 heterocycles. The summed E-state index contributed by atoms with van der Waals surface area (Å²) in [4.78, 5) is 47.5. The fraction of sp³-hybridized carbons (Fsp3) is 0.500. The monoisotopic (exact) mass is 469 g/mol. The molecule has 31 heavy (non-hydrogen) atoms. The van der Waals surface area contributed by atoms with E-state index in [9.17, 15) is 18.9 Å². The molecule has 4 N–H and O–H groups in total. The molecule has 1 amide bonds. The van der Waals surface area contributed by atoms with Gasteiger partial charge in [0.1, 0.15) is 6.61 Å². The Balaban J connectivity index is -0.000000410. The van der Waals surface area contributed by atoms with E-state index in [0.29, 0.717) is 6.61 Å². The molecule has 0 saturated carbocycles. The van der Waals surface area contributed by atoms with Gasteiger partial charge in [0, 0.05) is 13.3 Å². The van der Waals surface area contributed by atoms with Crippen LogP contribution in [0.4, 0.5) is 0 Å². The van der Waals surface area contributed by atoms with E-state index in [1.165, 1.54) is 25.5 Å². The van der Waals surface area contributed by atoms with Crippen molar-refractivity contribution in [1.82, 2.24) is 5.32 Å². The predicted octanol–water partition coefficient (Wildman–Crippen LogP) is 0.596. The summed E-state index contributed by atoms with van der Waals surface area (Å²) in [5.41, 5.74) is 0. The number of phosphoric acid groups is 1. The summed E-state index contributed by atoms with van der Waals surface area (Å²) in [6, 6.07) is 0. The van der Waals surface area contributed by atoms with Crippen molar-refractivity contribution in [3.63, 3.8) is 0 Å². The summed E-state index contributed by atoms with van der Waals surface area (Å²) in [5.74, 6) is -0.852. The molecule has 0 aromatic heterocycles. The molecule has 0 aliphatic carbocycles. The molecule has 13 heteroatoms. The second kappa shape index (κ2) is 23.9. The van der Waals surface area contributed by atoms with Crippen LogP contribution in [-0.4, -0.2) is 72.2 Å².